The number of carbonyl (C=O) groups excluding carboxylic acids is 2. The van der Waals surface area contributed by atoms with Crippen LogP contribution < -0.4 is 5.32 Å². The third-order valence-corrected chi connectivity index (χ3v) is 5.40. The fraction of sp³-hybridized carbons (Fsp3) is 0.524. The highest BCUT2D eigenvalue weighted by molar-refractivity contribution is 5.95. The first-order valence-corrected chi connectivity index (χ1v) is 10.1. The molecule has 7 nitrogen and oxygen atoms in total. The van der Waals surface area contributed by atoms with Crippen LogP contribution in [-0.2, 0) is 9.53 Å². The molecule has 0 radical (unpaired) electrons. The number of nitrogens with one attached hydrogen (secondary N) is 1. The summed E-state index contributed by atoms with van der Waals surface area (Å²) in [5.41, 5.74) is 1.53. The van der Waals surface area contributed by atoms with Gasteiger partial charge in [0.25, 0.3) is 0 Å². The van der Waals surface area contributed by atoms with Crippen LogP contribution in [0.15, 0.2) is 35.5 Å². The Bertz CT molecular complexity index is 790. The summed E-state index contributed by atoms with van der Waals surface area (Å²) in [6, 6.07) is 4.93. The molecule has 158 valence electrons. The number of carbonyl (C=O) groups is 2. The van der Waals surface area contributed by atoms with Gasteiger partial charge in [-0.25, -0.2) is 14.0 Å². The third-order valence-electron chi connectivity index (χ3n) is 5.40. The van der Waals surface area contributed by atoms with Crippen LogP contribution in [0.25, 0.3) is 0 Å². The maximum atomic E-state index is 13.9. The molecule has 0 spiro atoms. The monoisotopic (exact) mass is 404 g/mol. The van der Waals surface area contributed by atoms with E-state index < -0.39 is 17.8 Å². The van der Waals surface area contributed by atoms with Crippen LogP contribution in [0.1, 0.15) is 25.5 Å². The Balaban J connectivity index is 2.05. The van der Waals surface area contributed by atoms with Crippen LogP contribution in [0.3, 0.4) is 0 Å². The van der Waals surface area contributed by atoms with E-state index in [4.69, 9.17) is 4.74 Å². The molecule has 0 unspecified atom stereocenters. The maximum absolute atomic E-state index is 13.9. The van der Waals surface area contributed by atoms with Crippen LogP contribution in [0.5, 0.6) is 0 Å². The van der Waals surface area contributed by atoms with E-state index in [9.17, 15) is 14.0 Å². The van der Waals surface area contributed by atoms with Crippen molar-refractivity contribution in [1.29, 1.82) is 0 Å². The minimum atomic E-state index is -0.748. The second-order valence-corrected chi connectivity index (χ2v) is 7.34. The van der Waals surface area contributed by atoms with Crippen molar-refractivity contribution in [3.63, 3.8) is 0 Å². The molecule has 0 aromatic heterocycles. The fourth-order valence-corrected chi connectivity index (χ4v) is 3.81. The summed E-state index contributed by atoms with van der Waals surface area (Å²) in [5.74, 6) is -0.900. The minimum Gasteiger partial charge on any atom is -0.463 e. The van der Waals surface area contributed by atoms with Gasteiger partial charge in [-0.1, -0.05) is 12.1 Å². The summed E-state index contributed by atoms with van der Waals surface area (Å²) >= 11 is 0. The van der Waals surface area contributed by atoms with E-state index in [1.54, 1.807) is 24.0 Å². The van der Waals surface area contributed by atoms with Crippen LogP contribution in [0.4, 0.5) is 9.18 Å². The number of hydrogen-bond acceptors (Lipinski definition) is 5. The molecule has 2 amide bonds. The summed E-state index contributed by atoms with van der Waals surface area (Å²) in [6.07, 6.45) is 0. The fourth-order valence-electron chi connectivity index (χ4n) is 3.81. The molecule has 1 aromatic carbocycles. The molecule has 0 bridgehead atoms. The van der Waals surface area contributed by atoms with E-state index in [0.29, 0.717) is 29.9 Å². The number of rotatable bonds is 6. The number of ether oxygens (including phenoxy) is 1. The number of amides is 2. The number of urea groups is 1. The number of esters is 1. The standard InChI is InChI=1S/C21H29FN4O3/c1-4-26-17(14-25-11-9-24(3)10-12-25)18(20(27)29-5-2)19(23-21(26)28)15-7-6-8-16(22)13-15/h6-8,13,19H,4-5,9-12,14H2,1-3H3,(H,23,28)/t19-/m0/s1. The van der Waals surface area contributed by atoms with Crippen molar-refractivity contribution in [2.45, 2.75) is 19.9 Å². The summed E-state index contributed by atoms with van der Waals surface area (Å²) < 4.78 is 19.2. The molecule has 8 heteroatoms. The van der Waals surface area contributed by atoms with Crippen LogP contribution >= 0.6 is 0 Å². The van der Waals surface area contributed by atoms with Crippen LogP contribution in [-0.4, -0.2) is 79.6 Å². The average molecular weight is 404 g/mol. The SMILES string of the molecule is CCOC(=O)C1=C(CN2CCN(C)CC2)N(CC)C(=O)N[C@H]1c1cccc(F)c1. The number of halogens is 1. The lowest BCUT2D eigenvalue weighted by molar-refractivity contribution is -0.139. The van der Waals surface area contributed by atoms with Gasteiger partial charge >= 0.3 is 12.0 Å². The highest BCUT2D eigenvalue weighted by atomic mass is 19.1. The van der Waals surface area contributed by atoms with Gasteiger partial charge in [0.2, 0.25) is 0 Å². The molecule has 1 fully saturated rings. The zero-order valence-electron chi connectivity index (χ0n) is 17.3. The second kappa shape index (κ2) is 9.37. The highest BCUT2D eigenvalue weighted by Crippen LogP contribution is 2.32. The van der Waals surface area contributed by atoms with E-state index in [0.717, 1.165) is 26.2 Å². The molecule has 2 heterocycles. The van der Waals surface area contributed by atoms with Gasteiger partial charge in [-0.15, -0.1) is 0 Å². The Labute approximate surface area is 171 Å². The van der Waals surface area contributed by atoms with Gasteiger partial charge in [0.05, 0.1) is 18.2 Å². The van der Waals surface area contributed by atoms with Crippen LogP contribution in [0, 0.1) is 5.82 Å². The van der Waals surface area contributed by atoms with Gasteiger partial charge < -0.3 is 15.0 Å². The smallest absolute Gasteiger partial charge is 0.338 e. The lowest BCUT2D eigenvalue weighted by Gasteiger charge is -2.40. The largest absolute Gasteiger partial charge is 0.463 e. The topological polar surface area (TPSA) is 65.1 Å². The van der Waals surface area contributed by atoms with Gasteiger partial charge in [0, 0.05) is 45.0 Å². The predicted octanol–water partition coefficient (Wildman–Crippen LogP) is 1.98. The van der Waals surface area contributed by atoms with Crippen molar-refractivity contribution in [2.24, 2.45) is 0 Å². The molecular formula is C21H29FN4O3. The second-order valence-electron chi connectivity index (χ2n) is 7.34. The first-order chi connectivity index (χ1) is 13.9. The van der Waals surface area contributed by atoms with E-state index in [1.807, 2.05) is 6.92 Å². The lowest BCUT2D eigenvalue weighted by Crippen LogP contribution is -2.52. The molecule has 1 N–H and O–H groups in total. The summed E-state index contributed by atoms with van der Waals surface area (Å²) in [6.45, 7) is 8.27. The number of benzene rings is 1. The quantitative estimate of drug-likeness (QED) is 0.735. The Kier molecular flexibility index (Phi) is 6.87. The van der Waals surface area contributed by atoms with Gasteiger partial charge in [0.15, 0.2) is 0 Å². The zero-order valence-corrected chi connectivity index (χ0v) is 17.3. The van der Waals surface area contributed by atoms with Crippen molar-refractivity contribution in [1.82, 2.24) is 20.0 Å². The summed E-state index contributed by atoms with van der Waals surface area (Å²) in [4.78, 5) is 31.9. The Morgan fingerprint density at radius 1 is 1.24 bits per heavy atom. The summed E-state index contributed by atoms with van der Waals surface area (Å²) in [5, 5.41) is 2.86. The molecular weight excluding hydrogens is 375 g/mol. The average Bonchev–Trinajstić information content (AvgIpc) is 2.69. The number of piperazine rings is 1. The molecule has 29 heavy (non-hydrogen) atoms. The minimum absolute atomic E-state index is 0.222. The Morgan fingerprint density at radius 2 is 1.97 bits per heavy atom. The number of nitrogens with zero attached hydrogens (tertiary/aromatic N) is 3. The highest BCUT2D eigenvalue weighted by Gasteiger charge is 2.38. The van der Waals surface area contributed by atoms with Crippen molar-refractivity contribution in [3.05, 3.63) is 46.9 Å². The van der Waals surface area contributed by atoms with Gasteiger partial charge in [-0.3, -0.25) is 9.80 Å². The van der Waals surface area contributed by atoms with Gasteiger partial charge in [-0.05, 0) is 38.6 Å². The molecule has 1 atom stereocenters. The Morgan fingerprint density at radius 3 is 2.59 bits per heavy atom. The van der Waals surface area contributed by atoms with E-state index >= 15 is 0 Å². The Hall–Kier alpha value is -2.45. The molecule has 3 rings (SSSR count). The first kappa shape index (κ1) is 21.3. The zero-order chi connectivity index (χ0) is 21.0. The molecule has 0 saturated carbocycles. The van der Waals surface area contributed by atoms with Crippen LogP contribution in [0.2, 0.25) is 0 Å². The van der Waals surface area contributed by atoms with Crippen molar-refractivity contribution >= 4 is 12.0 Å². The van der Waals surface area contributed by atoms with E-state index in [1.165, 1.54) is 12.1 Å². The summed E-state index contributed by atoms with van der Waals surface area (Å²) in [7, 11) is 2.08. The van der Waals surface area contributed by atoms with Gasteiger partial charge in [0.1, 0.15) is 5.82 Å². The number of likely N-dealkylation sites (N-methyl/N-ethyl adjacent to an activating group) is 2. The van der Waals surface area contributed by atoms with Crippen molar-refractivity contribution in [3.8, 4) is 0 Å². The third kappa shape index (κ3) is 4.76. The van der Waals surface area contributed by atoms with Crippen molar-refractivity contribution in [2.75, 3.05) is 52.9 Å². The van der Waals surface area contributed by atoms with E-state index in [2.05, 4.69) is 22.2 Å². The first-order valence-electron chi connectivity index (χ1n) is 10.1. The van der Waals surface area contributed by atoms with Gasteiger partial charge in [-0.2, -0.15) is 0 Å². The number of hydrogen-bond donors (Lipinski definition) is 1. The molecule has 0 aliphatic carbocycles. The normalized spacial score (nSPS) is 21.3. The van der Waals surface area contributed by atoms with Crippen molar-refractivity contribution < 1.29 is 18.7 Å². The molecule has 2 aliphatic rings. The molecule has 1 saturated heterocycles. The molecule has 2 aliphatic heterocycles. The maximum Gasteiger partial charge on any atom is 0.338 e. The molecule has 1 aromatic rings. The lowest BCUT2D eigenvalue weighted by atomic mass is 9.94. The van der Waals surface area contributed by atoms with E-state index in [-0.39, 0.29) is 12.6 Å². The predicted molar refractivity (Wildman–Crippen MR) is 108 cm³/mol.